The molecular weight excluding hydrogens is 288 g/mol. The van der Waals surface area contributed by atoms with Gasteiger partial charge >= 0.3 is 18.0 Å². The van der Waals surface area contributed by atoms with E-state index in [4.69, 9.17) is 10.2 Å². The van der Waals surface area contributed by atoms with Gasteiger partial charge < -0.3 is 15.5 Å². The summed E-state index contributed by atoms with van der Waals surface area (Å²) in [6.07, 6.45) is 0.127. The third-order valence-electron chi connectivity index (χ3n) is 2.24. The molecule has 0 spiro atoms. The minimum atomic E-state index is -1.30. The van der Waals surface area contributed by atoms with Crippen molar-refractivity contribution >= 4 is 34.4 Å². The van der Waals surface area contributed by atoms with Crippen LogP contribution < -0.4 is 10.6 Å². The molecule has 0 bridgehead atoms. The molecule has 0 aliphatic carbocycles. The van der Waals surface area contributed by atoms with Crippen LogP contribution in [0, 0.1) is 0 Å². The van der Waals surface area contributed by atoms with E-state index < -0.39 is 24.0 Å². The van der Waals surface area contributed by atoms with Gasteiger partial charge in [-0.25, -0.2) is 9.59 Å². The number of aryl methyl sites for hydroxylation is 1. The molecule has 1 rings (SSSR count). The van der Waals surface area contributed by atoms with Crippen LogP contribution in [0.5, 0.6) is 0 Å². The monoisotopic (exact) mass is 302 g/mol. The number of nitrogens with zero attached hydrogens (tertiary/aromatic N) is 2. The fourth-order valence-electron chi connectivity index (χ4n) is 1.26. The van der Waals surface area contributed by atoms with Crippen molar-refractivity contribution in [2.24, 2.45) is 0 Å². The zero-order chi connectivity index (χ0) is 15.1. The summed E-state index contributed by atoms with van der Waals surface area (Å²) < 4.78 is 0. The van der Waals surface area contributed by atoms with Crippen LogP contribution in [0.15, 0.2) is 0 Å². The van der Waals surface area contributed by atoms with Gasteiger partial charge in [-0.3, -0.25) is 10.1 Å². The van der Waals surface area contributed by atoms with E-state index in [0.29, 0.717) is 6.42 Å². The number of aromatic nitrogens is 2. The van der Waals surface area contributed by atoms with Crippen molar-refractivity contribution in [2.75, 3.05) is 5.32 Å². The van der Waals surface area contributed by atoms with E-state index in [1.165, 1.54) is 11.3 Å². The number of carbonyl (C=O) groups excluding carboxylic acids is 1. The third-order valence-corrected chi connectivity index (χ3v) is 3.22. The van der Waals surface area contributed by atoms with Crippen LogP contribution in [0.1, 0.15) is 24.8 Å². The molecule has 20 heavy (non-hydrogen) atoms. The molecule has 0 aliphatic heterocycles. The number of carboxylic acids is 2. The summed E-state index contributed by atoms with van der Waals surface area (Å²) >= 11 is 1.18. The number of urea groups is 1. The largest absolute Gasteiger partial charge is 0.481 e. The standard InChI is InChI=1S/C10H14N4O5S/c1-2-6-13-14-10(20-6)12-9(19)11-5(8(17)18)3-4-7(15)16/h5H,2-4H2,1H3,(H,15,16)(H,17,18)(H2,11,12,14,19). The van der Waals surface area contributed by atoms with Crippen LogP contribution in [0.4, 0.5) is 9.93 Å². The number of hydrogen-bond donors (Lipinski definition) is 4. The van der Waals surface area contributed by atoms with Crippen LogP contribution >= 0.6 is 11.3 Å². The van der Waals surface area contributed by atoms with E-state index >= 15 is 0 Å². The highest BCUT2D eigenvalue weighted by Crippen LogP contribution is 2.15. The molecule has 10 heteroatoms. The summed E-state index contributed by atoms with van der Waals surface area (Å²) in [5, 5.41) is 30.4. The first-order valence-corrected chi connectivity index (χ1v) is 6.58. The van der Waals surface area contributed by atoms with Gasteiger partial charge in [0, 0.05) is 6.42 Å². The molecule has 0 saturated heterocycles. The normalized spacial score (nSPS) is 11.7. The Bertz CT molecular complexity index is 504. The Morgan fingerprint density at radius 1 is 1.30 bits per heavy atom. The SMILES string of the molecule is CCc1nnc(NC(=O)NC(CCC(=O)O)C(=O)O)s1. The first kappa shape index (κ1) is 15.8. The third kappa shape index (κ3) is 5.18. The molecule has 1 heterocycles. The highest BCUT2D eigenvalue weighted by atomic mass is 32.1. The molecule has 110 valence electrons. The lowest BCUT2D eigenvalue weighted by molar-refractivity contribution is -0.140. The van der Waals surface area contributed by atoms with Gasteiger partial charge in [-0.15, -0.1) is 10.2 Å². The van der Waals surface area contributed by atoms with Crippen molar-refractivity contribution in [3.63, 3.8) is 0 Å². The number of nitrogens with one attached hydrogen (secondary N) is 2. The van der Waals surface area contributed by atoms with Crippen LogP contribution in [0.25, 0.3) is 0 Å². The van der Waals surface area contributed by atoms with Crippen molar-refractivity contribution in [1.82, 2.24) is 15.5 Å². The zero-order valence-corrected chi connectivity index (χ0v) is 11.4. The molecule has 0 aromatic carbocycles. The van der Waals surface area contributed by atoms with Crippen LogP contribution in [0.3, 0.4) is 0 Å². The number of anilines is 1. The van der Waals surface area contributed by atoms with Crippen molar-refractivity contribution in [3.8, 4) is 0 Å². The second-order valence-corrected chi connectivity index (χ2v) is 4.84. The lowest BCUT2D eigenvalue weighted by atomic mass is 10.1. The zero-order valence-electron chi connectivity index (χ0n) is 10.6. The Morgan fingerprint density at radius 2 is 2.00 bits per heavy atom. The topological polar surface area (TPSA) is 142 Å². The van der Waals surface area contributed by atoms with Crippen molar-refractivity contribution in [1.29, 1.82) is 0 Å². The maximum absolute atomic E-state index is 11.6. The number of rotatable bonds is 7. The van der Waals surface area contributed by atoms with Crippen LogP contribution in [-0.4, -0.2) is 44.4 Å². The van der Waals surface area contributed by atoms with Crippen LogP contribution in [0.2, 0.25) is 0 Å². The molecule has 0 fully saturated rings. The average molecular weight is 302 g/mol. The molecule has 9 nitrogen and oxygen atoms in total. The van der Waals surface area contributed by atoms with Crippen molar-refractivity contribution < 1.29 is 24.6 Å². The molecule has 0 aliphatic rings. The Hall–Kier alpha value is -2.23. The van der Waals surface area contributed by atoms with Gasteiger partial charge in [0.2, 0.25) is 5.13 Å². The summed E-state index contributed by atoms with van der Waals surface area (Å²) in [4.78, 5) is 32.9. The second-order valence-electron chi connectivity index (χ2n) is 3.78. The summed E-state index contributed by atoms with van der Waals surface area (Å²) in [5.74, 6) is -2.43. The van der Waals surface area contributed by atoms with Gasteiger partial charge in [-0.1, -0.05) is 18.3 Å². The molecule has 1 atom stereocenters. The molecule has 1 unspecified atom stereocenters. The van der Waals surface area contributed by atoms with E-state index in [0.717, 1.165) is 5.01 Å². The average Bonchev–Trinajstić information content (AvgIpc) is 2.81. The summed E-state index contributed by atoms with van der Waals surface area (Å²) in [6, 6.07) is -2.04. The Balaban J connectivity index is 2.52. The lowest BCUT2D eigenvalue weighted by Crippen LogP contribution is -2.43. The van der Waals surface area contributed by atoms with Crippen LogP contribution in [-0.2, 0) is 16.0 Å². The quantitative estimate of drug-likeness (QED) is 0.575. The number of hydrogen-bond acceptors (Lipinski definition) is 6. The van der Waals surface area contributed by atoms with E-state index in [9.17, 15) is 14.4 Å². The first-order valence-electron chi connectivity index (χ1n) is 5.76. The van der Waals surface area contributed by atoms with E-state index in [-0.39, 0.29) is 18.0 Å². The van der Waals surface area contributed by atoms with E-state index in [1.54, 1.807) is 0 Å². The predicted octanol–water partition coefficient (Wildman–Crippen LogP) is 0.540. The fraction of sp³-hybridized carbons (Fsp3) is 0.500. The maximum Gasteiger partial charge on any atom is 0.326 e. The Labute approximate surface area is 118 Å². The van der Waals surface area contributed by atoms with E-state index in [1.807, 2.05) is 6.92 Å². The highest BCUT2D eigenvalue weighted by Gasteiger charge is 2.21. The molecule has 0 saturated carbocycles. The summed E-state index contributed by atoms with van der Waals surface area (Å²) in [7, 11) is 0. The Morgan fingerprint density at radius 3 is 2.50 bits per heavy atom. The van der Waals surface area contributed by atoms with Crippen molar-refractivity contribution in [3.05, 3.63) is 5.01 Å². The predicted molar refractivity (Wildman–Crippen MR) is 69.7 cm³/mol. The summed E-state index contributed by atoms with van der Waals surface area (Å²) in [6.45, 7) is 1.89. The van der Waals surface area contributed by atoms with Gasteiger partial charge in [0.1, 0.15) is 11.0 Å². The van der Waals surface area contributed by atoms with Gasteiger partial charge in [0.15, 0.2) is 0 Å². The number of carboxylic acid groups (broad SMARTS) is 2. The van der Waals surface area contributed by atoms with Gasteiger partial charge in [-0.2, -0.15) is 0 Å². The van der Waals surface area contributed by atoms with E-state index in [2.05, 4.69) is 20.8 Å². The smallest absolute Gasteiger partial charge is 0.326 e. The number of aliphatic carboxylic acids is 2. The summed E-state index contributed by atoms with van der Waals surface area (Å²) in [5.41, 5.74) is 0. The van der Waals surface area contributed by atoms with Gasteiger partial charge in [-0.05, 0) is 12.8 Å². The molecule has 2 amide bonds. The lowest BCUT2D eigenvalue weighted by Gasteiger charge is -2.13. The second kappa shape index (κ2) is 7.38. The molecule has 0 radical (unpaired) electrons. The highest BCUT2D eigenvalue weighted by molar-refractivity contribution is 7.15. The minimum Gasteiger partial charge on any atom is -0.481 e. The van der Waals surface area contributed by atoms with Crippen molar-refractivity contribution in [2.45, 2.75) is 32.2 Å². The molecular formula is C10H14N4O5S. The van der Waals surface area contributed by atoms with Gasteiger partial charge in [0.25, 0.3) is 0 Å². The Kier molecular flexibility index (Phi) is 5.84. The molecule has 1 aromatic heterocycles. The maximum atomic E-state index is 11.6. The molecule has 4 N–H and O–H groups in total. The minimum absolute atomic E-state index is 0.200. The molecule has 1 aromatic rings. The number of carbonyl (C=O) groups is 3. The van der Waals surface area contributed by atoms with Gasteiger partial charge in [0.05, 0.1) is 0 Å². The first-order chi connectivity index (χ1) is 9.42. The number of amides is 2. The fourth-order valence-corrected chi connectivity index (χ4v) is 1.94.